The second-order valence-corrected chi connectivity index (χ2v) is 3.57. The van der Waals surface area contributed by atoms with Gasteiger partial charge in [0.2, 0.25) is 0 Å². The summed E-state index contributed by atoms with van der Waals surface area (Å²) in [6.45, 7) is 6.09. The molecular weight excluding hydrogens is 174 g/mol. The van der Waals surface area contributed by atoms with Crippen LogP contribution in [0.4, 0.5) is 0 Å². The van der Waals surface area contributed by atoms with Crippen molar-refractivity contribution >= 4 is 0 Å². The monoisotopic (exact) mass is 191 g/mol. The van der Waals surface area contributed by atoms with Crippen molar-refractivity contribution in [3.8, 4) is 0 Å². The Morgan fingerprint density at radius 1 is 1.57 bits per heavy atom. The van der Waals surface area contributed by atoms with Crippen molar-refractivity contribution in [3.05, 3.63) is 41.2 Å². The molecule has 1 heterocycles. The number of aromatic nitrogens is 1. The van der Waals surface area contributed by atoms with Gasteiger partial charge in [-0.2, -0.15) is 0 Å². The average Bonchev–Trinajstić information content (AvgIpc) is 2.15. The Morgan fingerprint density at radius 2 is 2.29 bits per heavy atom. The number of allylic oxidation sites excluding steroid dienone is 1. The van der Waals surface area contributed by atoms with Crippen LogP contribution in [0.15, 0.2) is 30.0 Å². The second-order valence-electron chi connectivity index (χ2n) is 3.57. The number of nitrogens with two attached hydrogens (primary N) is 1. The minimum Gasteiger partial charge on any atom is -0.271 e. The number of aryl methyl sites for hydroxylation is 1. The number of nitrogens with zero attached hydrogens (tertiary/aromatic N) is 1. The van der Waals surface area contributed by atoms with Gasteiger partial charge in [0.1, 0.15) is 0 Å². The molecule has 14 heavy (non-hydrogen) atoms. The zero-order chi connectivity index (χ0) is 10.6. The molecule has 0 aromatic carbocycles. The van der Waals surface area contributed by atoms with Crippen molar-refractivity contribution in [2.75, 3.05) is 0 Å². The van der Waals surface area contributed by atoms with E-state index in [0.29, 0.717) is 0 Å². The molecule has 1 rings (SSSR count). The Balaban J connectivity index is 3.01. The molecule has 0 saturated carbocycles. The summed E-state index contributed by atoms with van der Waals surface area (Å²) in [7, 11) is 0. The average molecular weight is 191 g/mol. The maximum Gasteiger partial charge on any atom is 0.0660 e. The highest BCUT2D eigenvalue weighted by Gasteiger charge is 2.08. The molecule has 0 bridgehead atoms. The molecule has 3 N–H and O–H groups in total. The van der Waals surface area contributed by atoms with Gasteiger partial charge in [-0.15, -0.1) is 0 Å². The van der Waals surface area contributed by atoms with Crippen LogP contribution in [0, 0.1) is 6.92 Å². The second kappa shape index (κ2) is 4.88. The van der Waals surface area contributed by atoms with Gasteiger partial charge >= 0.3 is 0 Å². The van der Waals surface area contributed by atoms with Crippen LogP contribution in [0.3, 0.4) is 0 Å². The van der Waals surface area contributed by atoms with Gasteiger partial charge in [-0.1, -0.05) is 17.7 Å². The maximum absolute atomic E-state index is 5.50. The first-order valence-corrected chi connectivity index (χ1v) is 4.68. The fraction of sp³-hybridized carbons (Fsp3) is 0.364. The van der Waals surface area contributed by atoms with Crippen molar-refractivity contribution in [1.29, 1.82) is 0 Å². The van der Waals surface area contributed by atoms with E-state index >= 15 is 0 Å². The smallest absolute Gasteiger partial charge is 0.0660 e. The fourth-order valence-electron chi connectivity index (χ4n) is 1.39. The van der Waals surface area contributed by atoms with E-state index in [1.165, 1.54) is 5.57 Å². The number of hydrogen-bond acceptors (Lipinski definition) is 3. The number of nitrogens with one attached hydrogen (secondary N) is 1. The van der Waals surface area contributed by atoms with E-state index in [9.17, 15) is 0 Å². The van der Waals surface area contributed by atoms with Crippen LogP contribution >= 0.6 is 0 Å². The van der Waals surface area contributed by atoms with E-state index in [0.717, 1.165) is 11.3 Å². The highest BCUT2D eigenvalue weighted by Crippen LogP contribution is 2.17. The lowest BCUT2D eigenvalue weighted by atomic mass is 10.0. The minimum absolute atomic E-state index is 0.0497. The first-order chi connectivity index (χ1) is 6.65. The third kappa shape index (κ3) is 2.65. The van der Waals surface area contributed by atoms with Crippen LogP contribution in [0.1, 0.15) is 31.1 Å². The van der Waals surface area contributed by atoms with Gasteiger partial charge in [0.25, 0.3) is 0 Å². The van der Waals surface area contributed by atoms with Crippen LogP contribution in [0.5, 0.6) is 0 Å². The molecule has 3 nitrogen and oxygen atoms in total. The summed E-state index contributed by atoms with van der Waals surface area (Å²) in [6.07, 6.45) is 3.87. The summed E-state index contributed by atoms with van der Waals surface area (Å²) in [6, 6.07) is 4.01. The molecular formula is C11H17N3. The third-order valence-corrected chi connectivity index (χ3v) is 2.06. The number of rotatable bonds is 3. The number of hydrogen-bond donors (Lipinski definition) is 2. The number of pyridine rings is 1. The molecule has 0 aliphatic heterocycles. The fourth-order valence-corrected chi connectivity index (χ4v) is 1.39. The normalized spacial score (nSPS) is 12.3. The van der Waals surface area contributed by atoms with Crippen LogP contribution in [-0.4, -0.2) is 4.98 Å². The Bertz CT molecular complexity index is 327. The van der Waals surface area contributed by atoms with Gasteiger partial charge in [0, 0.05) is 11.9 Å². The van der Waals surface area contributed by atoms with Crippen LogP contribution in [0.25, 0.3) is 0 Å². The largest absolute Gasteiger partial charge is 0.271 e. The Labute approximate surface area is 85.0 Å². The minimum atomic E-state index is 0.0497. The topological polar surface area (TPSA) is 50.9 Å². The van der Waals surface area contributed by atoms with E-state index in [1.54, 1.807) is 6.20 Å². The van der Waals surface area contributed by atoms with Crippen molar-refractivity contribution in [2.24, 2.45) is 5.84 Å². The Kier molecular flexibility index (Phi) is 3.80. The van der Waals surface area contributed by atoms with Gasteiger partial charge in [-0.3, -0.25) is 10.8 Å². The molecule has 0 aliphatic carbocycles. The molecule has 0 fully saturated rings. The Hall–Kier alpha value is -1.19. The molecule has 0 aliphatic rings. The third-order valence-electron chi connectivity index (χ3n) is 2.06. The summed E-state index contributed by atoms with van der Waals surface area (Å²) in [4.78, 5) is 4.23. The van der Waals surface area contributed by atoms with Gasteiger partial charge in [-0.25, -0.2) is 5.43 Å². The molecule has 1 aromatic heterocycles. The standard InChI is InChI=1S/C11H17N3/c1-8(2)7-11(14-12)10-5-4-6-13-9(10)3/h4-7,11,14H,12H2,1-3H3. The summed E-state index contributed by atoms with van der Waals surface area (Å²) in [5.74, 6) is 5.50. The van der Waals surface area contributed by atoms with E-state index < -0.39 is 0 Å². The van der Waals surface area contributed by atoms with Gasteiger partial charge in [0.15, 0.2) is 0 Å². The molecule has 0 amide bonds. The van der Waals surface area contributed by atoms with E-state index in [1.807, 2.05) is 19.1 Å². The van der Waals surface area contributed by atoms with Gasteiger partial charge in [0.05, 0.1) is 6.04 Å². The summed E-state index contributed by atoms with van der Waals surface area (Å²) in [5, 5.41) is 0. The van der Waals surface area contributed by atoms with Crippen LogP contribution in [0.2, 0.25) is 0 Å². The predicted molar refractivity (Wildman–Crippen MR) is 58.5 cm³/mol. The number of hydrazine groups is 1. The van der Waals surface area contributed by atoms with Crippen molar-refractivity contribution in [3.63, 3.8) is 0 Å². The molecule has 0 radical (unpaired) electrons. The van der Waals surface area contributed by atoms with Gasteiger partial charge in [-0.05, 0) is 32.4 Å². The van der Waals surface area contributed by atoms with Crippen molar-refractivity contribution in [1.82, 2.24) is 10.4 Å². The van der Waals surface area contributed by atoms with Crippen molar-refractivity contribution in [2.45, 2.75) is 26.8 Å². The van der Waals surface area contributed by atoms with E-state index in [4.69, 9.17) is 5.84 Å². The summed E-state index contributed by atoms with van der Waals surface area (Å²) >= 11 is 0. The highest BCUT2D eigenvalue weighted by atomic mass is 15.2. The summed E-state index contributed by atoms with van der Waals surface area (Å²) in [5.41, 5.74) is 6.14. The van der Waals surface area contributed by atoms with Crippen LogP contribution < -0.4 is 11.3 Å². The predicted octanol–water partition coefficient (Wildman–Crippen LogP) is 1.86. The lowest BCUT2D eigenvalue weighted by molar-refractivity contribution is 0.645. The van der Waals surface area contributed by atoms with E-state index in [-0.39, 0.29) is 6.04 Å². The first-order valence-electron chi connectivity index (χ1n) is 4.68. The zero-order valence-electron chi connectivity index (χ0n) is 8.91. The molecule has 0 spiro atoms. The maximum atomic E-state index is 5.50. The molecule has 1 unspecified atom stereocenters. The highest BCUT2D eigenvalue weighted by molar-refractivity contribution is 5.26. The van der Waals surface area contributed by atoms with Crippen molar-refractivity contribution < 1.29 is 0 Å². The molecule has 1 aromatic rings. The molecule has 76 valence electrons. The first kappa shape index (κ1) is 10.9. The van der Waals surface area contributed by atoms with Gasteiger partial charge < -0.3 is 0 Å². The Morgan fingerprint density at radius 3 is 2.79 bits per heavy atom. The van der Waals surface area contributed by atoms with E-state index in [2.05, 4.69) is 30.3 Å². The molecule has 3 heteroatoms. The lowest BCUT2D eigenvalue weighted by Gasteiger charge is -2.14. The lowest BCUT2D eigenvalue weighted by Crippen LogP contribution is -2.27. The quantitative estimate of drug-likeness (QED) is 0.435. The SMILES string of the molecule is CC(C)=CC(NN)c1cccnc1C. The van der Waals surface area contributed by atoms with Crippen LogP contribution in [-0.2, 0) is 0 Å². The molecule has 1 atom stereocenters. The zero-order valence-corrected chi connectivity index (χ0v) is 8.91. The molecule has 0 saturated heterocycles. The summed E-state index contributed by atoms with van der Waals surface area (Å²) < 4.78 is 0.